The number of pyridine rings is 1. The van der Waals surface area contributed by atoms with Crippen LogP contribution < -0.4 is 17.0 Å². The van der Waals surface area contributed by atoms with Gasteiger partial charge in [0.2, 0.25) is 0 Å². The molecule has 7 nitrogen and oxygen atoms in total. The van der Waals surface area contributed by atoms with Gasteiger partial charge in [0, 0.05) is 41.4 Å². The molecule has 0 aromatic carbocycles. The zero-order valence-electron chi connectivity index (χ0n) is 15.4. The molecule has 0 spiro atoms. The number of rotatable bonds is 7. The molecular formula is C18H18F3N5O2S. The summed E-state index contributed by atoms with van der Waals surface area (Å²) < 4.78 is 43.4. The van der Waals surface area contributed by atoms with Crippen molar-refractivity contribution in [3.05, 3.63) is 73.9 Å². The van der Waals surface area contributed by atoms with Gasteiger partial charge in [-0.1, -0.05) is 0 Å². The van der Waals surface area contributed by atoms with Gasteiger partial charge in [-0.15, -0.1) is 11.3 Å². The number of hydrogen-bond donors (Lipinski definition) is 1. The molecule has 0 unspecified atom stereocenters. The Morgan fingerprint density at radius 1 is 1.24 bits per heavy atom. The predicted molar refractivity (Wildman–Crippen MR) is 104 cm³/mol. The van der Waals surface area contributed by atoms with Crippen LogP contribution in [0.15, 0.2) is 52.0 Å². The number of nitrogens with two attached hydrogens (primary N) is 1. The monoisotopic (exact) mass is 425 g/mol. The summed E-state index contributed by atoms with van der Waals surface area (Å²) in [6.45, 7) is 1.39. The molecule has 0 fully saturated rings. The lowest BCUT2D eigenvalue weighted by Crippen LogP contribution is -2.27. The number of aryl methyl sites for hydroxylation is 1. The highest BCUT2D eigenvalue weighted by Crippen LogP contribution is 2.30. The van der Waals surface area contributed by atoms with Crippen LogP contribution in [0.4, 0.5) is 13.2 Å². The van der Waals surface area contributed by atoms with Crippen molar-refractivity contribution in [2.24, 2.45) is 5.73 Å². The van der Waals surface area contributed by atoms with Crippen LogP contribution in [0.25, 0.3) is 10.4 Å². The van der Waals surface area contributed by atoms with Crippen LogP contribution in [0, 0.1) is 5.82 Å². The van der Waals surface area contributed by atoms with Crippen LogP contribution in [-0.4, -0.2) is 25.5 Å². The fraction of sp³-hybridized carbons (Fsp3) is 0.278. The number of hydrogen-bond acceptors (Lipinski definition) is 5. The van der Waals surface area contributed by atoms with E-state index < -0.39 is 36.3 Å². The zero-order chi connectivity index (χ0) is 21.1. The van der Waals surface area contributed by atoms with Crippen LogP contribution in [0.3, 0.4) is 0 Å². The highest BCUT2D eigenvalue weighted by Gasteiger charge is 2.15. The summed E-state index contributed by atoms with van der Waals surface area (Å²) in [5.74, 6) is -0.503. The summed E-state index contributed by atoms with van der Waals surface area (Å²) in [6, 6.07) is 4.36. The third-order valence-electron chi connectivity index (χ3n) is 4.33. The van der Waals surface area contributed by atoms with Crippen LogP contribution >= 0.6 is 11.3 Å². The maximum Gasteiger partial charge on any atom is 0.346 e. The molecule has 3 heterocycles. The predicted octanol–water partition coefficient (Wildman–Crippen LogP) is 2.25. The van der Waals surface area contributed by atoms with E-state index >= 15 is 0 Å². The molecule has 3 aromatic rings. The first-order valence-electron chi connectivity index (χ1n) is 8.68. The second-order valence-electron chi connectivity index (χ2n) is 6.19. The van der Waals surface area contributed by atoms with Crippen molar-refractivity contribution >= 4 is 11.3 Å². The largest absolute Gasteiger partial charge is 0.346 e. The highest BCUT2D eigenvalue weighted by molar-refractivity contribution is 7.15. The summed E-state index contributed by atoms with van der Waals surface area (Å²) in [6.07, 6.45) is 0.868. The van der Waals surface area contributed by atoms with Gasteiger partial charge in [0.05, 0.1) is 18.0 Å². The molecule has 0 aliphatic carbocycles. The summed E-state index contributed by atoms with van der Waals surface area (Å²) in [7, 11) is 0. The molecule has 154 valence electrons. The van der Waals surface area contributed by atoms with Gasteiger partial charge in [-0.05, 0) is 19.1 Å². The molecule has 0 aliphatic heterocycles. The van der Waals surface area contributed by atoms with E-state index in [4.69, 9.17) is 5.73 Å². The standard InChI is InChI=1S/C18H18F3N5O2S/c1-2-24-7-11(3-4-16(24)27)14-5-13(19)15(29-14)9-25-10-23-26(18(25)28)8-12(6-22)17(20)21/h3-5,7,10H,2,6,8-9,22H2,1H3. The van der Waals surface area contributed by atoms with E-state index in [-0.39, 0.29) is 17.0 Å². The summed E-state index contributed by atoms with van der Waals surface area (Å²) >= 11 is 1.14. The molecule has 3 rings (SSSR count). The Kier molecular flexibility index (Phi) is 6.18. The van der Waals surface area contributed by atoms with Gasteiger partial charge in [0.1, 0.15) is 12.1 Å². The third-order valence-corrected chi connectivity index (χ3v) is 5.48. The van der Waals surface area contributed by atoms with Gasteiger partial charge in [0.25, 0.3) is 11.6 Å². The first kappa shape index (κ1) is 20.8. The third kappa shape index (κ3) is 4.40. The van der Waals surface area contributed by atoms with Gasteiger partial charge < -0.3 is 10.3 Å². The maximum atomic E-state index is 14.4. The number of aromatic nitrogens is 4. The smallest absolute Gasteiger partial charge is 0.327 e. The Bertz CT molecular complexity index is 1170. The van der Waals surface area contributed by atoms with E-state index in [2.05, 4.69) is 5.10 Å². The molecule has 0 amide bonds. The summed E-state index contributed by atoms with van der Waals surface area (Å²) in [4.78, 5) is 25.0. The molecule has 0 aliphatic rings. The normalized spacial score (nSPS) is 11.1. The van der Waals surface area contributed by atoms with Crippen molar-refractivity contribution in [3.8, 4) is 10.4 Å². The Hall–Kier alpha value is -2.92. The molecule has 2 N–H and O–H groups in total. The van der Waals surface area contributed by atoms with E-state index in [1.54, 1.807) is 12.3 Å². The minimum atomic E-state index is -1.95. The Labute approximate surface area is 167 Å². The number of thiophene rings is 1. The zero-order valence-corrected chi connectivity index (χ0v) is 16.3. The second-order valence-corrected chi connectivity index (χ2v) is 7.33. The molecular weight excluding hydrogens is 407 g/mol. The van der Waals surface area contributed by atoms with Crippen LogP contribution in [0.1, 0.15) is 11.8 Å². The number of halogens is 3. The minimum Gasteiger partial charge on any atom is -0.327 e. The fourth-order valence-corrected chi connectivity index (χ4v) is 3.73. The van der Waals surface area contributed by atoms with Crippen molar-refractivity contribution in [3.63, 3.8) is 0 Å². The highest BCUT2D eigenvalue weighted by atomic mass is 32.1. The van der Waals surface area contributed by atoms with E-state index in [1.807, 2.05) is 6.92 Å². The SMILES string of the molecule is CCn1cc(-c2cc(F)c(Cn3cnn(CC(CN)=C(F)F)c3=O)s2)ccc1=O. The van der Waals surface area contributed by atoms with Crippen molar-refractivity contribution in [1.29, 1.82) is 0 Å². The first-order chi connectivity index (χ1) is 13.8. The van der Waals surface area contributed by atoms with Gasteiger partial charge in [-0.2, -0.15) is 13.9 Å². The van der Waals surface area contributed by atoms with Gasteiger partial charge in [-0.3, -0.25) is 9.36 Å². The minimum absolute atomic E-state index is 0.0947. The van der Waals surface area contributed by atoms with Crippen LogP contribution in [0.2, 0.25) is 0 Å². The molecule has 0 saturated carbocycles. The topological polar surface area (TPSA) is 87.8 Å². The van der Waals surface area contributed by atoms with Crippen molar-refractivity contribution in [1.82, 2.24) is 18.9 Å². The Balaban J connectivity index is 1.86. The van der Waals surface area contributed by atoms with Gasteiger partial charge in [-0.25, -0.2) is 13.9 Å². The van der Waals surface area contributed by atoms with E-state index in [0.717, 1.165) is 20.6 Å². The quantitative estimate of drug-likeness (QED) is 0.629. The second kappa shape index (κ2) is 8.62. The van der Waals surface area contributed by atoms with Crippen LogP contribution in [-0.2, 0) is 19.6 Å². The van der Waals surface area contributed by atoms with Crippen molar-refractivity contribution < 1.29 is 13.2 Å². The van der Waals surface area contributed by atoms with Crippen LogP contribution in [0.5, 0.6) is 0 Å². The Morgan fingerprint density at radius 2 is 2.00 bits per heavy atom. The van der Waals surface area contributed by atoms with Gasteiger partial charge in [0.15, 0.2) is 0 Å². The molecule has 3 aromatic heterocycles. The maximum absolute atomic E-state index is 14.4. The van der Waals surface area contributed by atoms with E-state index in [1.165, 1.54) is 23.0 Å². The van der Waals surface area contributed by atoms with E-state index in [0.29, 0.717) is 17.0 Å². The Morgan fingerprint density at radius 3 is 2.66 bits per heavy atom. The molecule has 0 bridgehead atoms. The summed E-state index contributed by atoms with van der Waals surface area (Å²) in [5.41, 5.74) is 4.74. The van der Waals surface area contributed by atoms with Crippen molar-refractivity contribution in [2.45, 2.75) is 26.6 Å². The fourth-order valence-electron chi connectivity index (χ4n) is 2.71. The first-order valence-corrected chi connectivity index (χ1v) is 9.50. The van der Waals surface area contributed by atoms with Crippen molar-refractivity contribution in [2.75, 3.05) is 6.54 Å². The lowest BCUT2D eigenvalue weighted by atomic mass is 10.2. The number of nitrogens with zero attached hydrogens (tertiary/aromatic N) is 4. The molecule has 0 atom stereocenters. The average Bonchev–Trinajstić information content (AvgIpc) is 3.23. The lowest BCUT2D eigenvalue weighted by molar-refractivity contribution is 0.400. The summed E-state index contributed by atoms with van der Waals surface area (Å²) in [5, 5.41) is 3.80. The molecule has 29 heavy (non-hydrogen) atoms. The van der Waals surface area contributed by atoms with Gasteiger partial charge >= 0.3 is 5.69 Å². The molecule has 0 radical (unpaired) electrons. The van der Waals surface area contributed by atoms with E-state index in [9.17, 15) is 22.8 Å². The lowest BCUT2D eigenvalue weighted by Gasteiger charge is -2.03. The average molecular weight is 425 g/mol. The molecule has 0 saturated heterocycles. The molecule has 11 heteroatoms.